The number of primary amides is 1. The summed E-state index contributed by atoms with van der Waals surface area (Å²) < 4.78 is 27.1. The average molecular weight is 324 g/mol. The van der Waals surface area contributed by atoms with Crippen LogP contribution in [0.5, 0.6) is 0 Å². The first-order chi connectivity index (χ1) is 10.4. The van der Waals surface area contributed by atoms with Crippen molar-refractivity contribution in [2.24, 2.45) is 5.73 Å². The SMILES string of the molecule is CC[C@H](NC(=O)c1cc(C(N)=O)cs1)c1cc(F)ccc1F. The maximum absolute atomic E-state index is 13.8. The highest BCUT2D eigenvalue weighted by molar-refractivity contribution is 7.12. The number of benzene rings is 1. The molecule has 0 saturated carbocycles. The van der Waals surface area contributed by atoms with Gasteiger partial charge in [0.05, 0.1) is 16.5 Å². The van der Waals surface area contributed by atoms with Gasteiger partial charge in [-0.05, 0) is 30.7 Å². The summed E-state index contributed by atoms with van der Waals surface area (Å²) in [6.45, 7) is 1.75. The second-order valence-electron chi connectivity index (χ2n) is 4.66. The summed E-state index contributed by atoms with van der Waals surface area (Å²) in [6, 6.07) is 3.81. The number of hydrogen-bond donors (Lipinski definition) is 2. The molecule has 0 unspecified atom stereocenters. The molecule has 4 nitrogen and oxygen atoms in total. The standard InChI is InChI=1S/C15H14F2N2O2S/c1-2-12(10-6-9(16)3-4-11(10)17)19-15(21)13-5-8(7-22-13)14(18)20/h3-7,12H,2H2,1H3,(H2,18,20)(H,19,21)/t12-/m0/s1. The molecule has 0 spiro atoms. The number of hydrogen-bond acceptors (Lipinski definition) is 3. The van der Waals surface area contributed by atoms with Gasteiger partial charge in [-0.2, -0.15) is 0 Å². The number of amides is 2. The van der Waals surface area contributed by atoms with Gasteiger partial charge in [0.1, 0.15) is 11.6 Å². The van der Waals surface area contributed by atoms with Crippen LogP contribution in [0.2, 0.25) is 0 Å². The third kappa shape index (κ3) is 3.48. The number of halogens is 2. The van der Waals surface area contributed by atoms with E-state index in [0.29, 0.717) is 6.42 Å². The zero-order valence-corrected chi connectivity index (χ0v) is 12.5. The van der Waals surface area contributed by atoms with Gasteiger partial charge >= 0.3 is 0 Å². The van der Waals surface area contributed by atoms with Gasteiger partial charge in [-0.1, -0.05) is 6.92 Å². The van der Waals surface area contributed by atoms with Crippen molar-refractivity contribution >= 4 is 23.2 Å². The monoisotopic (exact) mass is 324 g/mol. The van der Waals surface area contributed by atoms with Crippen LogP contribution in [-0.2, 0) is 0 Å². The zero-order chi connectivity index (χ0) is 16.3. The van der Waals surface area contributed by atoms with E-state index in [4.69, 9.17) is 5.73 Å². The van der Waals surface area contributed by atoms with Crippen molar-refractivity contribution in [2.75, 3.05) is 0 Å². The van der Waals surface area contributed by atoms with Crippen LogP contribution < -0.4 is 11.1 Å². The van der Waals surface area contributed by atoms with Gasteiger partial charge in [-0.25, -0.2) is 8.78 Å². The summed E-state index contributed by atoms with van der Waals surface area (Å²) in [5.41, 5.74) is 5.45. The molecule has 0 aliphatic carbocycles. The van der Waals surface area contributed by atoms with Crippen molar-refractivity contribution < 1.29 is 18.4 Å². The molecule has 0 saturated heterocycles. The molecule has 1 heterocycles. The van der Waals surface area contributed by atoms with Crippen LogP contribution in [0, 0.1) is 11.6 Å². The van der Waals surface area contributed by atoms with E-state index in [1.54, 1.807) is 6.92 Å². The predicted octanol–water partition coefficient (Wildman–Crippen LogP) is 3.01. The van der Waals surface area contributed by atoms with E-state index in [2.05, 4.69) is 5.32 Å². The minimum absolute atomic E-state index is 0.0857. The normalized spacial score (nSPS) is 12.0. The maximum atomic E-state index is 13.8. The van der Waals surface area contributed by atoms with Crippen molar-refractivity contribution in [2.45, 2.75) is 19.4 Å². The molecule has 0 aliphatic heterocycles. The molecule has 0 fully saturated rings. The molecule has 7 heteroatoms. The fourth-order valence-corrected chi connectivity index (χ4v) is 2.79. The molecule has 116 valence electrons. The fourth-order valence-electron chi connectivity index (χ4n) is 2.00. The Bertz CT molecular complexity index is 715. The fraction of sp³-hybridized carbons (Fsp3) is 0.200. The van der Waals surface area contributed by atoms with Crippen LogP contribution in [0.25, 0.3) is 0 Å². The van der Waals surface area contributed by atoms with Gasteiger partial charge in [-0.3, -0.25) is 9.59 Å². The summed E-state index contributed by atoms with van der Waals surface area (Å²) in [7, 11) is 0. The van der Waals surface area contributed by atoms with Gasteiger partial charge in [0.15, 0.2) is 0 Å². The number of carbonyl (C=O) groups excluding carboxylic acids is 2. The highest BCUT2D eigenvalue weighted by Crippen LogP contribution is 2.23. The molecule has 2 rings (SSSR count). The average Bonchev–Trinajstić information content (AvgIpc) is 2.97. The molecule has 3 N–H and O–H groups in total. The number of carbonyl (C=O) groups is 2. The van der Waals surface area contributed by atoms with Crippen molar-refractivity contribution in [3.05, 3.63) is 57.3 Å². The van der Waals surface area contributed by atoms with Crippen LogP contribution >= 0.6 is 11.3 Å². The van der Waals surface area contributed by atoms with Crippen molar-refractivity contribution in [3.63, 3.8) is 0 Å². The summed E-state index contributed by atoms with van der Waals surface area (Å²) >= 11 is 1.06. The van der Waals surface area contributed by atoms with Crippen LogP contribution in [0.4, 0.5) is 8.78 Å². The highest BCUT2D eigenvalue weighted by Gasteiger charge is 2.19. The Balaban J connectivity index is 2.20. The Kier molecular flexibility index (Phi) is 4.87. The summed E-state index contributed by atoms with van der Waals surface area (Å²) in [4.78, 5) is 23.5. The second-order valence-corrected chi connectivity index (χ2v) is 5.58. The van der Waals surface area contributed by atoms with Crippen LogP contribution in [0.1, 0.15) is 45.0 Å². The van der Waals surface area contributed by atoms with Gasteiger partial charge in [-0.15, -0.1) is 11.3 Å². The second kappa shape index (κ2) is 6.65. The van der Waals surface area contributed by atoms with E-state index >= 15 is 0 Å². The van der Waals surface area contributed by atoms with Gasteiger partial charge < -0.3 is 11.1 Å². The molecule has 1 aromatic heterocycles. The van der Waals surface area contributed by atoms with Crippen molar-refractivity contribution in [1.29, 1.82) is 0 Å². The first-order valence-electron chi connectivity index (χ1n) is 6.56. The lowest BCUT2D eigenvalue weighted by molar-refractivity contribution is 0.0939. The Morgan fingerprint density at radius 2 is 2.05 bits per heavy atom. The molecule has 1 aromatic carbocycles. The van der Waals surface area contributed by atoms with Gasteiger partial charge in [0, 0.05) is 10.9 Å². The molecular formula is C15H14F2N2O2S. The maximum Gasteiger partial charge on any atom is 0.261 e. The lowest BCUT2D eigenvalue weighted by Gasteiger charge is -2.17. The number of thiophene rings is 1. The molecule has 22 heavy (non-hydrogen) atoms. The number of nitrogens with two attached hydrogens (primary N) is 1. The summed E-state index contributed by atoms with van der Waals surface area (Å²) in [5, 5.41) is 4.11. The molecule has 2 amide bonds. The zero-order valence-electron chi connectivity index (χ0n) is 11.7. The molecule has 1 atom stereocenters. The third-order valence-corrected chi connectivity index (χ3v) is 4.08. The topological polar surface area (TPSA) is 72.2 Å². The van der Waals surface area contributed by atoms with Gasteiger partial charge in [0.25, 0.3) is 5.91 Å². The van der Waals surface area contributed by atoms with E-state index in [9.17, 15) is 18.4 Å². The van der Waals surface area contributed by atoms with E-state index in [1.165, 1.54) is 11.4 Å². The van der Waals surface area contributed by atoms with Crippen LogP contribution in [-0.4, -0.2) is 11.8 Å². The molecule has 0 bridgehead atoms. The summed E-state index contributed by atoms with van der Waals surface area (Å²) in [6.07, 6.45) is 0.389. The minimum Gasteiger partial charge on any atom is -0.366 e. The van der Waals surface area contributed by atoms with E-state index in [1.807, 2.05) is 0 Å². The highest BCUT2D eigenvalue weighted by atomic mass is 32.1. The van der Waals surface area contributed by atoms with E-state index in [-0.39, 0.29) is 16.0 Å². The smallest absolute Gasteiger partial charge is 0.261 e. The lowest BCUT2D eigenvalue weighted by atomic mass is 10.0. The largest absolute Gasteiger partial charge is 0.366 e. The lowest BCUT2D eigenvalue weighted by Crippen LogP contribution is -2.28. The Morgan fingerprint density at radius 3 is 2.64 bits per heavy atom. The number of rotatable bonds is 5. The van der Waals surface area contributed by atoms with E-state index in [0.717, 1.165) is 29.5 Å². The molecule has 0 aliphatic rings. The van der Waals surface area contributed by atoms with Crippen LogP contribution in [0.3, 0.4) is 0 Å². The first-order valence-corrected chi connectivity index (χ1v) is 7.44. The molecule has 0 radical (unpaired) electrons. The Labute approximate surface area is 129 Å². The summed E-state index contributed by atoms with van der Waals surface area (Å²) in [5.74, 6) is -2.25. The van der Waals surface area contributed by atoms with Crippen molar-refractivity contribution in [3.8, 4) is 0 Å². The van der Waals surface area contributed by atoms with E-state index < -0.39 is 29.5 Å². The van der Waals surface area contributed by atoms with Crippen molar-refractivity contribution in [1.82, 2.24) is 5.32 Å². The molecule has 2 aromatic rings. The quantitative estimate of drug-likeness (QED) is 0.887. The van der Waals surface area contributed by atoms with Crippen LogP contribution in [0.15, 0.2) is 29.6 Å². The first kappa shape index (κ1) is 16.1. The predicted molar refractivity (Wildman–Crippen MR) is 79.7 cm³/mol. The Hall–Kier alpha value is -2.28. The molecular weight excluding hydrogens is 310 g/mol. The Morgan fingerprint density at radius 1 is 1.32 bits per heavy atom. The minimum atomic E-state index is -0.665. The number of nitrogens with one attached hydrogen (secondary N) is 1. The van der Waals surface area contributed by atoms with Gasteiger partial charge in [0.2, 0.25) is 5.91 Å². The third-order valence-electron chi connectivity index (χ3n) is 3.15.